The number of halogens is 3. The number of benzene rings is 4. The van der Waals surface area contributed by atoms with Crippen LogP contribution in [-0.2, 0) is 9.59 Å². The van der Waals surface area contributed by atoms with Gasteiger partial charge in [-0.15, -0.1) is 10.2 Å². The molecule has 0 spiro atoms. The predicted octanol–water partition coefficient (Wildman–Crippen LogP) is 4.66. The highest BCUT2D eigenvalue weighted by molar-refractivity contribution is 6.65. The topological polar surface area (TPSA) is 254 Å². The lowest BCUT2D eigenvalue weighted by Crippen LogP contribution is -2.45. The van der Waals surface area contributed by atoms with Gasteiger partial charge in [0.1, 0.15) is 11.5 Å². The SMILES string of the molecule is CC(C)(Oc1ccc(C(=O)c2ccc(Cl)cc2)cc1)C(=O)Cl.CC(C)(Oc1ccc(C(=O)c2ccc(Cl)cc2)cc1)C(=O)NN=C(N)N.NN=C(N)N. The Bertz CT molecular complexity index is 1930. The zero-order valence-electron chi connectivity index (χ0n) is 29.1. The van der Waals surface area contributed by atoms with Gasteiger partial charge in [-0.3, -0.25) is 19.2 Å². The van der Waals surface area contributed by atoms with E-state index in [1.165, 1.54) is 0 Å². The molecule has 0 unspecified atom stereocenters. The lowest BCUT2D eigenvalue weighted by Gasteiger charge is -2.24. The number of amides is 1. The molecule has 0 aliphatic carbocycles. The predicted molar refractivity (Wildman–Crippen MR) is 207 cm³/mol. The van der Waals surface area contributed by atoms with Crippen LogP contribution < -0.4 is 43.7 Å². The Hall–Kier alpha value is -5.83. The molecule has 0 radical (unpaired) electrons. The second-order valence-corrected chi connectivity index (χ2v) is 13.0. The Labute approximate surface area is 321 Å². The molecule has 0 fully saturated rings. The van der Waals surface area contributed by atoms with Gasteiger partial charge in [0, 0.05) is 32.3 Å². The second kappa shape index (κ2) is 19.7. The summed E-state index contributed by atoms with van der Waals surface area (Å²) in [4.78, 5) is 48.0. The van der Waals surface area contributed by atoms with Crippen molar-refractivity contribution in [2.75, 3.05) is 0 Å². The molecule has 11 N–H and O–H groups in total. The van der Waals surface area contributed by atoms with E-state index in [2.05, 4.69) is 21.5 Å². The number of hydrogen-bond acceptors (Lipinski definition) is 9. The number of nitrogens with two attached hydrogens (primary N) is 5. The fourth-order valence-corrected chi connectivity index (χ4v) is 4.10. The van der Waals surface area contributed by atoms with E-state index in [-0.39, 0.29) is 23.5 Å². The highest BCUT2D eigenvalue weighted by Crippen LogP contribution is 2.23. The van der Waals surface area contributed by atoms with Gasteiger partial charge in [0.15, 0.2) is 22.8 Å². The van der Waals surface area contributed by atoms with Crippen molar-refractivity contribution in [3.8, 4) is 11.5 Å². The number of nitrogens with one attached hydrogen (secondary N) is 1. The standard InChI is InChI=1S/C18H19ClN4O3.C17H14Cl2O3.CH6N4/c1-18(2,16(25)22-23-17(20)21)26-14-9-5-12(6-10-14)15(24)11-3-7-13(19)8-4-11;1-17(2,16(19)21)22-14-9-5-12(6-10-14)15(20)11-3-7-13(18)8-4-11;2-1(3)5-4/h3-10H,1-2H3,(H,22,25)(H4,20,21,23);3-10H,1-2H3;4H2,(H4,2,3,5). The minimum absolute atomic E-state index is 0.0926. The van der Waals surface area contributed by atoms with Crippen LogP contribution in [0.4, 0.5) is 0 Å². The maximum atomic E-state index is 12.4. The van der Waals surface area contributed by atoms with E-state index in [4.69, 9.17) is 67.2 Å². The molecular weight excluding hydrogens is 747 g/mol. The Morgan fingerprint density at radius 2 is 0.868 bits per heavy atom. The van der Waals surface area contributed by atoms with Gasteiger partial charge in [-0.05, 0) is 136 Å². The Balaban J connectivity index is 0.000000329. The van der Waals surface area contributed by atoms with Crippen molar-refractivity contribution < 1.29 is 28.7 Å². The van der Waals surface area contributed by atoms with Crippen molar-refractivity contribution in [1.82, 2.24) is 5.43 Å². The van der Waals surface area contributed by atoms with Crippen LogP contribution in [0.1, 0.15) is 59.5 Å². The van der Waals surface area contributed by atoms with Crippen molar-refractivity contribution in [3.05, 3.63) is 129 Å². The Kier molecular flexibility index (Phi) is 16.1. The average Bonchev–Trinajstić information content (AvgIpc) is 3.11. The van der Waals surface area contributed by atoms with Crippen LogP contribution in [0.25, 0.3) is 0 Å². The number of nitrogens with zero attached hydrogens (tertiary/aromatic N) is 2. The first-order valence-electron chi connectivity index (χ1n) is 15.3. The van der Waals surface area contributed by atoms with Gasteiger partial charge in [0.2, 0.25) is 11.9 Å². The number of carbonyl (C=O) groups is 4. The molecule has 53 heavy (non-hydrogen) atoms. The molecule has 1 amide bonds. The average molecular weight is 786 g/mol. The molecule has 4 aromatic rings. The summed E-state index contributed by atoms with van der Waals surface area (Å²) in [5.74, 6) is 4.26. The summed E-state index contributed by atoms with van der Waals surface area (Å²) in [7, 11) is 0. The van der Waals surface area contributed by atoms with E-state index in [9.17, 15) is 19.2 Å². The van der Waals surface area contributed by atoms with Gasteiger partial charge in [0.05, 0.1) is 0 Å². The normalized spacial score (nSPS) is 10.5. The molecular formula is C36H39Cl3N8O6. The zero-order valence-corrected chi connectivity index (χ0v) is 31.4. The zero-order chi connectivity index (χ0) is 39.9. The summed E-state index contributed by atoms with van der Waals surface area (Å²) < 4.78 is 11.2. The number of ketones is 2. The lowest BCUT2D eigenvalue weighted by molar-refractivity contribution is -0.134. The maximum absolute atomic E-state index is 12.4. The van der Waals surface area contributed by atoms with Crippen LogP contribution in [0.3, 0.4) is 0 Å². The van der Waals surface area contributed by atoms with Gasteiger partial charge < -0.3 is 38.3 Å². The van der Waals surface area contributed by atoms with E-state index < -0.39 is 22.4 Å². The highest BCUT2D eigenvalue weighted by atomic mass is 35.5. The summed E-state index contributed by atoms with van der Waals surface area (Å²) in [5.41, 5.74) is 21.7. The summed E-state index contributed by atoms with van der Waals surface area (Å²) in [6, 6.07) is 26.3. The number of guanidine groups is 2. The molecule has 0 saturated heterocycles. The summed E-state index contributed by atoms with van der Waals surface area (Å²) in [6.07, 6.45) is 0. The quantitative estimate of drug-likeness (QED) is 0.0305. The van der Waals surface area contributed by atoms with Crippen molar-refractivity contribution in [1.29, 1.82) is 0 Å². The first kappa shape index (κ1) is 43.3. The summed E-state index contributed by atoms with van der Waals surface area (Å²) in [5, 5.41) is 6.86. The van der Waals surface area contributed by atoms with E-state index in [1.54, 1.807) is 125 Å². The number of ether oxygens (including phenoxy) is 2. The largest absolute Gasteiger partial charge is 0.479 e. The Morgan fingerprint density at radius 1 is 0.566 bits per heavy atom. The van der Waals surface area contributed by atoms with E-state index in [0.717, 1.165) is 0 Å². The van der Waals surface area contributed by atoms with Gasteiger partial charge >= 0.3 is 0 Å². The molecule has 0 heterocycles. The smallest absolute Gasteiger partial charge is 0.283 e. The lowest BCUT2D eigenvalue weighted by atomic mass is 10.0. The summed E-state index contributed by atoms with van der Waals surface area (Å²) >= 11 is 17.1. The molecule has 0 aliphatic rings. The van der Waals surface area contributed by atoms with Crippen LogP contribution in [0.5, 0.6) is 11.5 Å². The van der Waals surface area contributed by atoms with Gasteiger partial charge in [0.25, 0.3) is 11.1 Å². The number of hydrazone groups is 2. The molecule has 14 nitrogen and oxygen atoms in total. The third-order valence-corrected chi connectivity index (χ3v) is 7.61. The van der Waals surface area contributed by atoms with Crippen LogP contribution in [-0.4, -0.2) is 45.8 Å². The van der Waals surface area contributed by atoms with Crippen LogP contribution in [0.2, 0.25) is 10.0 Å². The molecule has 280 valence electrons. The fourth-order valence-electron chi connectivity index (χ4n) is 3.81. The van der Waals surface area contributed by atoms with Crippen molar-refractivity contribution in [2.24, 2.45) is 39.0 Å². The number of hydrogen-bond donors (Lipinski definition) is 6. The molecule has 4 aromatic carbocycles. The molecule has 0 atom stereocenters. The molecule has 0 saturated carbocycles. The third-order valence-electron chi connectivity index (χ3n) is 6.65. The molecule has 0 aliphatic heterocycles. The van der Waals surface area contributed by atoms with Crippen molar-refractivity contribution >= 4 is 69.4 Å². The van der Waals surface area contributed by atoms with Crippen molar-refractivity contribution in [2.45, 2.75) is 38.9 Å². The molecule has 17 heteroatoms. The first-order valence-corrected chi connectivity index (χ1v) is 16.5. The van der Waals surface area contributed by atoms with Gasteiger partial charge in [-0.2, -0.15) is 0 Å². The van der Waals surface area contributed by atoms with E-state index in [1.807, 2.05) is 0 Å². The van der Waals surface area contributed by atoms with E-state index >= 15 is 0 Å². The monoisotopic (exact) mass is 784 g/mol. The molecule has 0 bridgehead atoms. The minimum atomic E-state index is -1.22. The third kappa shape index (κ3) is 14.4. The van der Waals surface area contributed by atoms with Gasteiger partial charge in [-0.1, -0.05) is 23.2 Å². The number of rotatable bonds is 11. The summed E-state index contributed by atoms with van der Waals surface area (Å²) in [6.45, 7) is 6.29. The van der Waals surface area contributed by atoms with Crippen LogP contribution in [0, 0.1) is 0 Å². The molecule has 0 aromatic heterocycles. The van der Waals surface area contributed by atoms with Gasteiger partial charge in [-0.25, -0.2) is 5.43 Å². The Morgan fingerprint density at radius 3 is 1.15 bits per heavy atom. The van der Waals surface area contributed by atoms with Crippen LogP contribution >= 0.6 is 34.8 Å². The van der Waals surface area contributed by atoms with Crippen LogP contribution in [0.15, 0.2) is 107 Å². The highest BCUT2D eigenvalue weighted by Gasteiger charge is 2.30. The number of carbonyl (C=O) groups excluding carboxylic acids is 4. The molecule has 4 rings (SSSR count). The van der Waals surface area contributed by atoms with E-state index in [0.29, 0.717) is 43.8 Å². The second-order valence-electron chi connectivity index (χ2n) is 11.8. The van der Waals surface area contributed by atoms with Crippen molar-refractivity contribution in [3.63, 3.8) is 0 Å². The first-order chi connectivity index (χ1) is 24.7. The fraction of sp³-hybridized carbons (Fsp3) is 0.167. The minimum Gasteiger partial charge on any atom is -0.479 e. The maximum Gasteiger partial charge on any atom is 0.283 e.